The molecular weight excluding hydrogens is 317 g/mol. The molecule has 7 heteroatoms. The molecule has 2 aromatic carbocycles. The van der Waals surface area contributed by atoms with Crippen LogP contribution in [0.3, 0.4) is 0 Å². The molecule has 0 saturated heterocycles. The Hall–Kier alpha value is -3.22. The summed E-state index contributed by atoms with van der Waals surface area (Å²) in [6.45, 7) is -0.203. The lowest BCUT2D eigenvalue weighted by atomic mass is 10.2. The van der Waals surface area contributed by atoms with Crippen LogP contribution >= 0.6 is 0 Å². The summed E-state index contributed by atoms with van der Waals surface area (Å²) in [6.07, 6.45) is 2.38. The molecule has 0 amide bonds. The number of halogens is 1. The van der Waals surface area contributed by atoms with Crippen molar-refractivity contribution in [2.75, 3.05) is 7.11 Å². The molecule has 0 aromatic heterocycles. The van der Waals surface area contributed by atoms with Crippen molar-refractivity contribution in [1.29, 1.82) is 0 Å². The van der Waals surface area contributed by atoms with Gasteiger partial charge in [0.25, 0.3) is 5.69 Å². The Morgan fingerprint density at radius 2 is 2.04 bits per heavy atom. The minimum atomic E-state index is -0.702. The lowest BCUT2D eigenvalue weighted by molar-refractivity contribution is -0.385. The average molecular weight is 331 g/mol. The van der Waals surface area contributed by atoms with Gasteiger partial charge < -0.3 is 9.47 Å². The first kappa shape index (κ1) is 17.1. The van der Waals surface area contributed by atoms with Crippen molar-refractivity contribution in [3.8, 4) is 5.75 Å². The first-order valence-corrected chi connectivity index (χ1v) is 6.92. The van der Waals surface area contributed by atoms with E-state index >= 15 is 0 Å². The molecule has 24 heavy (non-hydrogen) atoms. The van der Waals surface area contributed by atoms with E-state index in [-0.39, 0.29) is 17.9 Å². The summed E-state index contributed by atoms with van der Waals surface area (Å²) in [5.74, 6) is -0.791. The highest BCUT2D eigenvalue weighted by molar-refractivity contribution is 5.87. The molecule has 0 spiro atoms. The highest BCUT2D eigenvalue weighted by Crippen LogP contribution is 2.24. The molecule has 0 saturated carbocycles. The van der Waals surface area contributed by atoms with Gasteiger partial charge in [-0.15, -0.1) is 0 Å². The first-order chi connectivity index (χ1) is 11.5. The first-order valence-electron chi connectivity index (χ1n) is 6.92. The molecule has 0 bridgehead atoms. The second kappa shape index (κ2) is 7.87. The van der Waals surface area contributed by atoms with Crippen LogP contribution < -0.4 is 4.74 Å². The molecule has 0 atom stereocenters. The molecule has 0 aliphatic rings. The maximum absolute atomic E-state index is 13.4. The van der Waals surface area contributed by atoms with E-state index in [9.17, 15) is 19.3 Å². The standard InChI is InChI=1S/C17H14FNO5/c1-23-16-8-7-14(19(21)22)10-13(16)11-24-17(20)9-6-12-4-2-3-5-15(12)18/h2-10H,11H2,1H3/b9-6+. The minimum Gasteiger partial charge on any atom is -0.496 e. The molecule has 0 fully saturated rings. The number of non-ortho nitro benzene ring substituents is 1. The summed E-state index contributed by atoms with van der Waals surface area (Å²) in [5, 5.41) is 10.8. The van der Waals surface area contributed by atoms with E-state index in [0.29, 0.717) is 11.3 Å². The van der Waals surface area contributed by atoms with Gasteiger partial charge in [0.1, 0.15) is 18.2 Å². The molecule has 0 N–H and O–H groups in total. The molecule has 2 rings (SSSR count). The molecule has 0 radical (unpaired) electrons. The quantitative estimate of drug-likeness (QED) is 0.350. The number of hydrogen-bond donors (Lipinski definition) is 0. The maximum Gasteiger partial charge on any atom is 0.331 e. The van der Waals surface area contributed by atoms with Crippen LogP contribution in [0.5, 0.6) is 5.75 Å². The number of nitro groups is 1. The van der Waals surface area contributed by atoms with Gasteiger partial charge in [0.2, 0.25) is 0 Å². The monoisotopic (exact) mass is 331 g/mol. The van der Waals surface area contributed by atoms with Gasteiger partial charge in [-0.2, -0.15) is 0 Å². The summed E-state index contributed by atoms with van der Waals surface area (Å²) in [4.78, 5) is 22.0. The van der Waals surface area contributed by atoms with Gasteiger partial charge in [0.15, 0.2) is 0 Å². The number of carbonyl (C=O) groups is 1. The summed E-state index contributed by atoms with van der Waals surface area (Å²) in [7, 11) is 1.41. The summed E-state index contributed by atoms with van der Waals surface area (Å²) in [6, 6.07) is 9.97. The van der Waals surface area contributed by atoms with Gasteiger partial charge in [0.05, 0.1) is 12.0 Å². The molecule has 0 unspecified atom stereocenters. The Labute approximate surface area is 137 Å². The van der Waals surface area contributed by atoms with Crippen LogP contribution in [0.2, 0.25) is 0 Å². The number of esters is 1. The van der Waals surface area contributed by atoms with E-state index in [4.69, 9.17) is 9.47 Å². The Morgan fingerprint density at radius 3 is 2.71 bits per heavy atom. The number of nitro benzene ring substituents is 1. The van der Waals surface area contributed by atoms with E-state index in [1.807, 2.05) is 0 Å². The van der Waals surface area contributed by atoms with Gasteiger partial charge in [0, 0.05) is 29.3 Å². The van der Waals surface area contributed by atoms with Gasteiger partial charge in [-0.3, -0.25) is 10.1 Å². The SMILES string of the molecule is COc1ccc([N+](=O)[O-])cc1COC(=O)/C=C/c1ccccc1F. The van der Waals surface area contributed by atoms with E-state index in [1.165, 1.54) is 43.5 Å². The second-order valence-electron chi connectivity index (χ2n) is 4.72. The van der Waals surface area contributed by atoms with Crippen LogP contribution in [0.15, 0.2) is 48.5 Å². The second-order valence-corrected chi connectivity index (χ2v) is 4.72. The Morgan fingerprint density at radius 1 is 1.29 bits per heavy atom. The molecule has 6 nitrogen and oxygen atoms in total. The predicted molar refractivity (Wildman–Crippen MR) is 84.9 cm³/mol. The summed E-state index contributed by atoms with van der Waals surface area (Å²) < 4.78 is 23.5. The molecule has 0 heterocycles. The fourth-order valence-electron chi connectivity index (χ4n) is 1.96. The number of nitrogens with zero attached hydrogens (tertiary/aromatic N) is 1. The van der Waals surface area contributed by atoms with E-state index in [0.717, 1.165) is 6.08 Å². The van der Waals surface area contributed by atoms with Crippen LogP contribution in [0, 0.1) is 15.9 Å². The fourth-order valence-corrected chi connectivity index (χ4v) is 1.96. The van der Waals surface area contributed by atoms with Crippen molar-refractivity contribution < 1.29 is 23.6 Å². The van der Waals surface area contributed by atoms with Gasteiger partial charge >= 0.3 is 5.97 Å². The van der Waals surface area contributed by atoms with E-state index in [1.54, 1.807) is 12.1 Å². The smallest absolute Gasteiger partial charge is 0.331 e. The Bertz CT molecular complexity index is 788. The third-order valence-corrected chi connectivity index (χ3v) is 3.15. The van der Waals surface area contributed by atoms with Gasteiger partial charge in [-0.25, -0.2) is 9.18 Å². The largest absolute Gasteiger partial charge is 0.496 e. The zero-order valence-corrected chi connectivity index (χ0v) is 12.8. The van der Waals surface area contributed by atoms with Crippen LogP contribution in [0.25, 0.3) is 6.08 Å². The maximum atomic E-state index is 13.4. The lowest BCUT2D eigenvalue weighted by Gasteiger charge is -2.08. The summed E-state index contributed by atoms with van der Waals surface area (Å²) >= 11 is 0. The molecule has 2 aromatic rings. The highest BCUT2D eigenvalue weighted by atomic mass is 19.1. The van der Waals surface area contributed by atoms with Crippen LogP contribution in [0.4, 0.5) is 10.1 Å². The van der Waals surface area contributed by atoms with Gasteiger partial charge in [-0.1, -0.05) is 18.2 Å². The van der Waals surface area contributed by atoms with Crippen molar-refractivity contribution in [1.82, 2.24) is 0 Å². The van der Waals surface area contributed by atoms with Crippen molar-refractivity contribution in [2.24, 2.45) is 0 Å². The number of ether oxygens (including phenoxy) is 2. The van der Waals surface area contributed by atoms with Crippen LogP contribution in [-0.2, 0) is 16.1 Å². The predicted octanol–water partition coefficient (Wildman–Crippen LogP) is 3.50. The zero-order valence-electron chi connectivity index (χ0n) is 12.8. The number of rotatable bonds is 6. The molecule has 0 aliphatic carbocycles. The Balaban J connectivity index is 2.05. The molecular formula is C17H14FNO5. The van der Waals surface area contributed by atoms with Crippen molar-refractivity contribution in [3.05, 3.63) is 75.6 Å². The highest BCUT2D eigenvalue weighted by Gasteiger charge is 2.12. The number of hydrogen-bond acceptors (Lipinski definition) is 5. The normalized spacial score (nSPS) is 10.6. The topological polar surface area (TPSA) is 78.7 Å². The number of methoxy groups -OCH3 is 1. The molecule has 0 aliphatic heterocycles. The molecule has 124 valence electrons. The zero-order chi connectivity index (χ0) is 17.5. The van der Waals surface area contributed by atoms with Crippen molar-refractivity contribution in [2.45, 2.75) is 6.61 Å². The number of benzene rings is 2. The van der Waals surface area contributed by atoms with Crippen LogP contribution in [0.1, 0.15) is 11.1 Å². The number of carbonyl (C=O) groups excluding carboxylic acids is 1. The average Bonchev–Trinajstić information content (AvgIpc) is 2.58. The van der Waals surface area contributed by atoms with Crippen molar-refractivity contribution >= 4 is 17.7 Å². The Kier molecular flexibility index (Phi) is 5.62. The van der Waals surface area contributed by atoms with Crippen LogP contribution in [-0.4, -0.2) is 18.0 Å². The fraction of sp³-hybridized carbons (Fsp3) is 0.118. The van der Waals surface area contributed by atoms with E-state index < -0.39 is 16.7 Å². The van der Waals surface area contributed by atoms with E-state index in [2.05, 4.69) is 0 Å². The van der Waals surface area contributed by atoms with Crippen molar-refractivity contribution in [3.63, 3.8) is 0 Å². The third-order valence-electron chi connectivity index (χ3n) is 3.15. The van der Waals surface area contributed by atoms with Gasteiger partial charge in [-0.05, 0) is 18.2 Å². The lowest BCUT2D eigenvalue weighted by Crippen LogP contribution is -2.03. The summed E-state index contributed by atoms with van der Waals surface area (Å²) in [5.41, 5.74) is 0.477. The minimum absolute atomic E-state index is 0.135. The third kappa shape index (κ3) is 4.39.